The molecule has 0 aromatic rings. The van der Waals surface area contributed by atoms with Crippen LogP contribution in [0.5, 0.6) is 0 Å². The van der Waals surface area contributed by atoms with Crippen LogP contribution in [-0.2, 0) is 11.1 Å². The fraction of sp³-hybridized carbons (Fsp3) is 1.00. The van der Waals surface area contributed by atoms with Gasteiger partial charge in [-0.05, 0) is 37.8 Å². The summed E-state index contributed by atoms with van der Waals surface area (Å²) < 4.78 is 21.3. The zero-order valence-electron chi connectivity index (χ0n) is 8.12. The minimum absolute atomic E-state index is 0. The van der Waals surface area contributed by atoms with Crippen molar-refractivity contribution >= 4 is 11.1 Å². The third-order valence-corrected chi connectivity index (χ3v) is 3.97. The minimum Gasteiger partial charge on any atom is -0.772 e. The van der Waals surface area contributed by atoms with E-state index in [2.05, 4.69) is 4.90 Å². The van der Waals surface area contributed by atoms with E-state index in [0.29, 0.717) is 5.75 Å². The van der Waals surface area contributed by atoms with Gasteiger partial charge in [0.1, 0.15) is 0 Å². The second kappa shape index (κ2) is 4.73. The molecule has 0 aromatic carbocycles. The summed E-state index contributed by atoms with van der Waals surface area (Å²) in [6, 6.07) is 0. The quantitative estimate of drug-likeness (QED) is 0.370. The second-order valence-corrected chi connectivity index (χ2v) is 4.97. The summed E-state index contributed by atoms with van der Waals surface area (Å²) in [5.41, 5.74) is 0.130. The predicted molar refractivity (Wildman–Crippen MR) is 46.5 cm³/mol. The Morgan fingerprint density at radius 2 is 2.15 bits per heavy atom. The Hall–Kier alpha value is 1.07. The first-order valence-electron chi connectivity index (χ1n) is 4.48. The summed E-state index contributed by atoms with van der Waals surface area (Å²) in [7, 11) is 0. The number of rotatable bonds is 2. The Balaban J connectivity index is 0.000000845. The summed E-state index contributed by atoms with van der Waals surface area (Å²) in [6.07, 6.45) is 3.37. The van der Waals surface area contributed by atoms with Crippen LogP contribution < -0.4 is 29.6 Å². The fourth-order valence-electron chi connectivity index (χ4n) is 2.54. The maximum atomic E-state index is 10.6. The largest absolute Gasteiger partial charge is 1.00 e. The average molecular weight is 211 g/mol. The van der Waals surface area contributed by atoms with Crippen LogP contribution in [0.2, 0.25) is 0 Å². The Labute approximate surface area is 104 Å². The molecular formula is C8H14NNaO2S. The Kier molecular flexibility index (Phi) is 4.41. The van der Waals surface area contributed by atoms with Gasteiger partial charge in [-0.2, -0.15) is 0 Å². The molecule has 2 aliphatic heterocycles. The van der Waals surface area contributed by atoms with Gasteiger partial charge in [-0.15, -0.1) is 0 Å². The number of piperidine rings is 1. The molecule has 0 spiro atoms. The summed E-state index contributed by atoms with van der Waals surface area (Å²) in [5.74, 6) is 0.378. The van der Waals surface area contributed by atoms with E-state index in [1.54, 1.807) is 0 Å². The molecular weight excluding hydrogens is 197 g/mol. The van der Waals surface area contributed by atoms with Crippen molar-refractivity contribution in [3.63, 3.8) is 0 Å². The Bertz CT molecular complexity index is 210. The predicted octanol–water partition coefficient (Wildman–Crippen LogP) is -2.64. The fourth-order valence-corrected chi connectivity index (χ4v) is 3.42. The van der Waals surface area contributed by atoms with Gasteiger partial charge in [0.05, 0.1) is 0 Å². The Morgan fingerprint density at radius 3 is 2.85 bits per heavy atom. The number of hydrogen-bond donors (Lipinski definition) is 0. The van der Waals surface area contributed by atoms with E-state index in [1.165, 1.54) is 13.0 Å². The smallest absolute Gasteiger partial charge is 0.772 e. The molecule has 0 N–H and O–H groups in total. The molecule has 5 heteroatoms. The molecule has 3 unspecified atom stereocenters. The minimum atomic E-state index is -1.85. The molecule has 2 bridgehead atoms. The van der Waals surface area contributed by atoms with E-state index < -0.39 is 11.1 Å². The van der Waals surface area contributed by atoms with Gasteiger partial charge < -0.3 is 9.45 Å². The van der Waals surface area contributed by atoms with Crippen molar-refractivity contribution in [1.29, 1.82) is 0 Å². The Morgan fingerprint density at radius 1 is 1.38 bits per heavy atom. The van der Waals surface area contributed by atoms with Gasteiger partial charge >= 0.3 is 29.6 Å². The van der Waals surface area contributed by atoms with Crippen LogP contribution in [0.15, 0.2) is 0 Å². The molecule has 2 heterocycles. The SMILES string of the molecule is O=S([O-])CC12CCCN(CC1)C2.[Na+]. The third-order valence-electron chi connectivity index (χ3n) is 3.12. The summed E-state index contributed by atoms with van der Waals surface area (Å²) in [4.78, 5) is 2.39. The van der Waals surface area contributed by atoms with Crippen molar-refractivity contribution in [3.8, 4) is 0 Å². The van der Waals surface area contributed by atoms with Crippen LogP contribution in [-0.4, -0.2) is 39.0 Å². The van der Waals surface area contributed by atoms with Crippen LogP contribution in [0, 0.1) is 5.41 Å². The van der Waals surface area contributed by atoms with Gasteiger partial charge in [-0.3, -0.25) is 4.21 Å². The molecule has 0 saturated carbocycles. The summed E-state index contributed by atoms with van der Waals surface area (Å²) >= 11 is -1.85. The number of fused-ring (bicyclic) bond motifs is 2. The first-order chi connectivity index (χ1) is 5.70. The van der Waals surface area contributed by atoms with Crippen LogP contribution in [0.3, 0.4) is 0 Å². The molecule has 0 aliphatic carbocycles. The van der Waals surface area contributed by atoms with Crippen molar-refractivity contribution in [2.45, 2.75) is 19.3 Å². The molecule has 70 valence electrons. The van der Waals surface area contributed by atoms with E-state index in [1.807, 2.05) is 0 Å². The van der Waals surface area contributed by atoms with E-state index >= 15 is 0 Å². The van der Waals surface area contributed by atoms with Crippen LogP contribution in [0.25, 0.3) is 0 Å². The molecule has 2 aliphatic rings. The van der Waals surface area contributed by atoms with Gasteiger partial charge in [0.25, 0.3) is 0 Å². The monoisotopic (exact) mass is 211 g/mol. The van der Waals surface area contributed by atoms with Gasteiger partial charge in [-0.25, -0.2) is 0 Å². The van der Waals surface area contributed by atoms with E-state index in [-0.39, 0.29) is 35.0 Å². The van der Waals surface area contributed by atoms with Crippen molar-refractivity contribution in [3.05, 3.63) is 0 Å². The van der Waals surface area contributed by atoms with Crippen molar-refractivity contribution in [2.24, 2.45) is 5.41 Å². The van der Waals surface area contributed by atoms with Crippen LogP contribution >= 0.6 is 0 Å². The molecule has 13 heavy (non-hydrogen) atoms. The molecule has 2 rings (SSSR count). The first-order valence-corrected chi connectivity index (χ1v) is 5.73. The molecule has 2 saturated heterocycles. The van der Waals surface area contributed by atoms with Crippen LogP contribution in [0.1, 0.15) is 19.3 Å². The second-order valence-electron chi connectivity index (χ2n) is 4.08. The zero-order valence-corrected chi connectivity index (χ0v) is 10.9. The van der Waals surface area contributed by atoms with Crippen molar-refractivity contribution < 1.29 is 38.3 Å². The van der Waals surface area contributed by atoms with E-state index in [9.17, 15) is 8.76 Å². The maximum absolute atomic E-state index is 10.6. The zero-order chi connectivity index (χ0) is 8.60. The number of hydrogen-bond acceptors (Lipinski definition) is 3. The summed E-state index contributed by atoms with van der Waals surface area (Å²) in [5, 5.41) is 0. The van der Waals surface area contributed by atoms with Gasteiger partial charge in [-0.1, -0.05) is 11.1 Å². The van der Waals surface area contributed by atoms with Crippen LogP contribution in [0.4, 0.5) is 0 Å². The van der Waals surface area contributed by atoms with Gasteiger partial charge in [0.15, 0.2) is 0 Å². The topological polar surface area (TPSA) is 43.4 Å². The summed E-state index contributed by atoms with van der Waals surface area (Å²) in [6.45, 7) is 3.30. The standard InChI is InChI=1S/C8H15NO2S.Na/c10-12(11)7-8-2-1-4-9(6-8)5-3-8;/h1-7H2,(H,10,11);/q;+1/p-1. The van der Waals surface area contributed by atoms with Gasteiger partial charge in [0.2, 0.25) is 0 Å². The molecule has 0 radical (unpaired) electrons. The van der Waals surface area contributed by atoms with Crippen molar-refractivity contribution in [1.82, 2.24) is 4.90 Å². The molecule has 3 nitrogen and oxygen atoms in total. The molecule has 0 aromatic heterocycles. The molecule has 3 atom stereocenters. The average Bonchev–Trinajstić information content (AvgIpc) is 2.25. The maximum Gasteiger partial charge on any atom is 1.00 e. The normalized spacial score (nSPS) is 39.6. The van der Waals surface area contributed by atoms with E-state index in [4.69, 9.17) is 0 Å². The third kappa shape index (κ3) is 2.76. The number of nitrogens with zero attached hydrogens (tertiary/aromatic N) is 1. The van der Waals surface area contributed by atoms with Gasteiger partial charge in [0, 0.05) is 12.3 Å². The first kappa shape index (κ1) is 12.1. The molecule has 0 amide bonds. The molecule has 2 fully saturated rings. The van der Waals surface area contributed by atoms with Crippen molar-refractivity contribution in [2.75, 3.05) is 25.4 Å². The van der Waals surface area contributed by atoms with E-state index in [0.717, 1.165) is 25.9 Å².